The smallest absolute Gasteiger partial charge is 0.132 e. The number of rotatable bonds is 33. The summed E-state index contributed by atoms with van der Waals surface area (Å²) < 4.78 is 0. The molecule has 0 saturated carbocycles. The molecule has 0 rings (SSSR count). The van der Waals surface area contributed by atoms with Crippen LogP contribution in [0.3, 0.4) is 0 Å². The second-order valence-corrected chi connectivity index (χ2v) is 12.2. The van der Waals surface area contributed by atoms with Gasteiger partial charge in [-0.1, -0.05) is 134 Å². The summed E-state index contributed by atoms with van der Waals surface area (Å²) in [6.07, 6.45) is 45.8. The van der Waals surface area contributed by atoms with Crippen LogP contribution in [-0.2, 0) is 9.59 Å². The van der Waals surface area contributed by atoms with E-state index in [1.54, 1.807) is 0 Å². The number of carbonyl (C=O) groups excluding carboxylic acids is 2. The van der Waals surface area contributed by atoms with E-state index in [4.69, 9.17) is 0 Å². The fourth-order valence-electron chi connectivity index (χ4n) is 5.34. The number of allylic oxidation sites excluding steroid dienone is 4. The molecule has 2 heteroatoms. The molecular weight excluding hydrogens is 488 g/mol. The number of ketones is 2. The number of unbranched alkanes of at least 4 members (excludes halogenated alkanes) is 22. The minimum Gasteiger partial charge on any atom is -0.300 e. The Bertz CT molecular complexity index is 588. The molecule has 0 aromatic carbocycles. The highest BCUT2D eigenvalue weighted by atomic mass is 16.1. The second kappa shape index (κ2) is 34.0. The summed E-state index contributed by atoms with van der Waals surface area (Å²) in [4.78, 5) is 23.4. The van der Waals surface area contributed by atoms with Gasteiger partial charge in [0, 0.05) is 25.7 Å². The maximum Gasteiger partial charge on any atom is 0.132 e. The number of Topliss-reactive ketones (excluding diaryl/α,β-unsaturated/α-hetero) is 2. The quantitative estimate of drug-likeness (QED) is 0.0593. The molecule has 0 radical (unpaired) electrons. The molecule has 2 nitrogen and oxygen atoms in total. The van der Waals surface area contributed by atoms with E-state index in [2.05, 4.69) is 31.2 Å². The summed E-state index contributed by atoms with van der Waals surface area (Å²) in [7, 11) is 0. The van der Waals surface area contributed by atoms with Crippen LogP contribution in [0.2, 0.25) is 0 Å². The summed E-state index contributed by atoms with van der Waals surface area (Å²) >= 11 is 0. The molecular formula is C38H70O2. The van der Waals surface area contributed by atoms with Crippen LogP contribution in [-0.4, -0.2) is 11.6 Å². The third-order valence-electron chi connectivity index (χ3n) is 8.18. The minimum atomic E-state index is 0.405. The Morgan fingerprint density at radius 3 is 1.02 bits per heavy atom. The van der Waals surface area contributed by atoms with Crippen LogP contribution in [0.1, 0.15) is 206 Å². The molecule has 0 amide bonds. The van der Waals surface area contributed by atoms with Crippen molar-refractivity contribution in [3.63, 3.8) is 0 Å². The fourth-order valence-corrected chi connectivity index (χ4v) is 5.34. The predicted molar refractivity (Wildman–Crippen MR) is 178 cm³/mol. The Morgan fingerprint density at radius 1 is 0.350 bits per heavy atom. The van der Waals surface area contributed by atoms with E-state index in [9.17, 15) is 9.59 Å². The van der Waals surface area contributed by atoms with E-state index in [-0.39, 0.29) is 0 Å². The predicted octanol–water partition coefficient (Wildman–Crippen LogP) is 13.0. The van der Waals surface area contributed by atoms with Crippen LogP contribution in [0.15, 0.2) is 24.3 Å². The van der Waals surface area contributed by atoms with E-state index in [0.717, 1.165) is 57.8 Å². The molecule has 0 aliphatic rings. The normalized spacial score (nSPS) is 11.8. The van der Waals surface area contributed by atoms with Gasteiger partial charge in [-0.3, -0.25) is 9.59 Å². The van der Waals surface area contributed by atoms with Gasteiger partial charge >= 0.3 is 0 Å². The molecule has 0 aromatic heterocycles. The van der Waals surface area contributed by atoms with Crippen molar-refractivity contribution in [2.24, 2.45) is 0 Å². The van der Waals surface area contributed by atoms with Crippen LogP contribution in [0.25, 0.3) is 0 Å². The molecule has 234 valence electrons. The molecule has 0 fully saturated rings. The van der Waals surface area contributed by atoms with Crippen molar-refractivity contribution < 1.29 is 9.59 Å². The third kappa shape index (κ3) is 33.0. The van der Waals surface area contributed by atoms with Crippen molar-refractivity contribution in [2.75, 3.05) is 0 Å². The van der Waals surface area contributed by atoms with E-state index < -0.39 is 0 Å². The van der Waals surface area contributed by atoms with Crippen molar-refractivity contribution in [2.45, 2.75) is 206 Å². The summed E-state index contributed by atoms with van der Waals surface area (Å²) in [5, 5.41) is 0. The zero-order valence-corrected chi connectivity index (χ0v) is 27.3. The van der Waals surface area contributed by atoms with Crippen LogP contribution in [0.4, 0.5) is 0 Å². The van der Waals surface area contributed by atoms with Crippen LogP contribution in [0.5, 0.6) is 0 Å². The van der Waals surface area contributed by atoms with Crippen molar-refractivity contribution in [1.29, 1.82) is 0 Å². The first-order valence-corrected chi connectivity index (χ1v) is 18.0. The SMILES string of the molecule is CCCCCCCCCCCCCCCCC(=O)CCCCC=CCCCCCC=CCCCCCC(=O)CC. The highest BCUT2D eigenvalue weighted by Gasteiger charge is 2.02. The number of hydrogen-bond donors (Lipinski definition) is 0. The van der Waals surface area contributed by atoms with E-state index >= 15 is 0 Å². The molecule has 0 aliphatic carbocycles. The summed E-state index contributed by atoms with van der Waals surface area (Å²) in [5.74, 6) is 0.892. The average Bonchev–Trinajstić information content (AvgIpc) is 2.96. The van der Waals surface area contributed by atoms with Gasteiger partial charge < -0.3 is 0 Å². The van der Waals surface area contributed by atoms with E-state index in [1.807, 2.05) is 6.92 Å². The zero-order chi connectivity index (χ0) is 29.2. The molecule has 0 saturated heterocycles. The minimum absolute atomic E-state index is 0.405. The largest absolute Gasteiger partial charge is 0.300 e. The van der Waals surface area contributed by atoms with Gasteiger partial charge in [0.25, 0.3) is 0 Å². The van der Waals surface area contributed by atoms with Crippen LogP contribution in [0, 0.1) is 0 Å². The van der Waals surface area contributed by atoms with E-state index in [1.165, 1.54) is 128 Å². The zero-order valence-electron chi connectivity index (χ0n) is 27.3. The highest BCUT2D eigenvalue weighted by Crippen LogP contribution is 2.14. The van der Waals surface area contributed by atoms with Gasteiger partial charge in [-0.2, -0.15) is 0 Å². The van der Waals surface area contributed by atoms with Crippen molar-refractivity contribution >= 4 is 11.6 Å². The van der Waals surface area contributed by atoms with Gasteiger partial charge in [-0.15, -0.1) is 0 Å². The van der Waals surface area contributed by atoms with Gasteiger partial charge in [0.1, 0.15) is 11.6 Å². The Balaban J connectivity index is 3.27. The highest BCUT2D eigenvalue weighted by molar-refractivity contribution is 5.78. The van der Waals surface area contributed by atoms with Gasteiger partial charge in [0.15, 0.2) is 0 Å². The lowest BCUT2D eigenvalue weighted by molar-refractivity contribution is -0.119. The monoisotopic (exact) mass is 559 g/mol. The third-order valence-corrected chi connectivity index (χ3v) is 8.18. The summed E-state index contributed by atoms with van der Waals surface area (Å²) in [6.45, 7) is 4.24. The Labute approximate surface area is 251 Å². The lowest BCUT2D eigenvalue weighted by Gasteiger charge is -2.03. The average molecular weight is 559 g/mol. The molecule has 0 aromatic rings. The second-order valence-electron chi connectivity index (χ2n) is 12.2. The summed E-state index contributed by atoms with van der Waals surface area (Å²) in [6, 6.07) is 0. The van der Waals surface area contributed by atoms with Gasteiger partial charge in [-0.05, 0) is 70.6 Å². The topological polar surface area (TPSA) is 34.1 Å². The molecule has 0 N–H and O–H groups in total. The first-order valence-electron chi connectivity index (χ1n) is 18.0. The fraction of sp³-hybridized carbons (Fsp3) is 0.842. The lowest BCUT2D eigenvalue weighted by atomic mass is 10.0. The number of carbonyl (C=O) groups is 2. The van der Waals surface area contributed by atoms with Crippen LogP contribution >= 0.6 is 0 Å². The van der Waals surface area contributed by atoms with Crippen LogP contribution < -0.4 is 0 Å². The first kappa shape index (κ1) is 38.8. The van der Waals surface area contributed by atoms with Gasteiger partial charge in [0.05, 0.1) is 0 Å². The molecule has 0 heterocycles. The molecule has 0 bridgehead atoms. The molecule has 0 spiro atoms. The van der Waals surface area contributed by atoms with Crippen molar-refractivity contribution in [1.82, 2.24) is 0 Å². The first-order chi connectivity index (χ1) is 19.7. The standard InChI is InChI=1S/C38H70O2/c1-3-5-6-7-8-9-10-11-16-20-23-26-29-32-35-38(40)36-33-30-27-24-21-18-15-13-12-14-17-19-22-25-28-31-34-37(39)4-2/h17,19,21,24H,3-16,18,20,22-23,25-36H2,1-2H3. The van der Waals surface area contributed by atoms with Crippen molar-refractivity contribution in [3.8, 4) is 0 Å². The molecule has 0 unspecified atom stereocenters. The Kier molecular flexibility index (Phi) is 33.0. The maximum atomic E-state index is 12.1. The Morgan fingerprint density at radius 2 is 0.625 bits per heavy atom. The van der Waals surface area contributed by atoms with Crippen molar-refractivity contribution in [3.05, 3.63) is 24.3 Å². The Hall–Kier alpha value is -1.18. The number of hydrogen-bond acceptors (Lipinski definition) is 2. The van der Waals surface area contributed by atoms with Gasteiger partial charge in [0.2, 0.25) is 0 Å². The lowest BCUT2D eigenvalue weighted by Crippen LogP contribution is -1.97. The molecule has 40 heavy (non-hydrogen) atoms. The van der Waals surface area contributed by atoms with E-state index in [0.29, 0.717) is 18.0 Å². The molecule has 0 aliphatic heterocycles. The van der Waals surface area contributed by atoms with Gasteiger partial charge in [-0.25, -0.2) is 0 Å². The maximum absolute atomic E-state index is 12.1. The summed E-state index contributed by atoms with van der Waals surface area (Å²) in [5.41, 5.74) is 0. The molecule has 0 atom stereocenters.